The number of hydrogen-bond donors (Lipinski definition) is 1. The summed E-state index contributed by atoms with van der Waals surface area (Å²) < 4.78 is 9.23. The van der Waals surface area contributed by atoms with E-state index >= 15 is 0 Å². The minimum Gasteiger partial charge on any atom is -0.618 e. The van der Waals surface area contributed by atoms with Gasteiger partial charge in [-0.2, -0.15) is 4.73 Å². The molecule has 11 heavy (non-hydrogen) atoms. The van der Waals surface area contributed by atoms with Gasteiger partial charge in [0.05, 0.1) is 12.0 Å². The van der Waals surface area contributed by atoms with Crippen molar-refractivity contribution in [3.05, 3.63) is 29.1 Å². The van der Waals surface area contributed by atoms with Crippen molar-refractivity contribution in [1.29, 1.82) is 0 Å². The van der Waals surface area contributed by atoms with E-state index in [0.717, 1.165) is 5.56 Å². The first kappa shape index (κ1) is 10.6. The van der Waals surface area contributed by atoms with Crippen molar-refractivity contribution in [2.24, 2.45) is 0 Å². The van der Waals surface area contributed by atoms with Crippen molar-refractivity contribution >= 4 is 24.4 Å². The molecule has 0 fully saturated rings. The molecule has 0 aliphatic carbocycles. The maximum atomic E-state index is 10.8. The quantitative estimate of drug-likeness (QED) is 0.419. The number of aryl methyl sites for hydroxylation is 1. The first-order valence-corrected chi connectivity index (χ1v) is 3.53. The maximum absolute atomic E-state index is 10.8. The second-order valence-electron chi connectivity index (χ2n) is 1.91. The van der Waals surface area contributed by atoms with Crippen LogP contribution in [-0.4, -0.2) is 4.55 Å². The van der Waals surface area contributed by atoms with E-state index in [1.807, 2.05) is 0 Å². The van der Waals surface area contributed by atoms with E-state index in [1.165, 1.54) is 6.20 Å². The Hall–Kier alpha value is -0.450. The topological polar surface area (TPSA) is 47.2 Å². The fourth-order valence-electron chi connectivity index (χ4n) is 0.691. The second kappa shape index (κ2) is 4.43. The van der Waals surface area contributed by atoms with E-state index in [1.54, 1.807) is 19.1 Å². The van der Waals surface area contributed by atoms with Crippen LogP contribution in [0.2, 0.25) is 0 Å². The molecular weight excluding hydrogens is 186 g/mol. The molecule has 1 N–H and O–H groups in total. The molecule has 0 saturated carbocycles. The van der Waals surface area contributed by atoms with Gasteiger partial charge in [-0.1, -0.05) is 0 Å². The van der Waals surface area contributed by atoms with Crippen LogP contribution in [0.25, 0.3) is 0 Å². The highest BCUT2D eigenvalue weighted by molar-refractivity contribution is 7.93. The van der Waals surface area contributed by atoms with Gasteiger partial charge < -0.3 is 9.76 Å². The minimum atomic E-state index is 0. The van der Waals surface area contributed by atoms with E-state index in [4.69, 9.17) is 4.55 Å². The molecule has 0 aliphatic heterocycles. The van der Waals surface area contributed by atoms with Crippen molar-refractivity contribution in [3.63, 3.8) is 0 Å². The Labute approximate surface area is 75.3 Å². The van der Waals surface area contributed by atoms with Gasteiger partial charge in [0.15, 0.2) is 6.20 Å². The Morgan fingerprint density at radius 1 is 1.64 bits per heavy atom. The van der Waals surface area contributed by atoms with Gasteiger partial charge in [0.2, 0.25) is 0 Å². The normalized spacial score (nSPS) is 8.91. The van der Waals surface area contributed by atoms with Gasteiger partial charge in [0.25, 0.3) is 5.03 Å². The summed E-state index contributed by atoms with van der Waals surface area (Å²) in [5.41, 5.74) is 0.782. The average molecular weight is 194 g/mol. The van der Waals surface area contributed by atoms with Crippen molar-refractivity contribution in [2.45, 2.75) is 11.9 Å². The molecule has 0 aliphatic rings. The third-order valence-electron chi connectivity index (χ3n) is 1.19. The third kappa shape index (κ3) is 2.25. The molecule has 62 valence electrons. The van der Waals surface area contributed by atoms with Crippen LogP contribution in [-0.2, 0) is 0 Å². The lowest BCUT2D eigenvalue weighted by Gasteiger charge is -2.01. The molecule has 1 aromatic rings. The summed E-state index contributed by atoms with van der Waals surface area (Å²) in [4.78, 5) is 0. The van der Waals surface area contributed by atoms with E-state index < -0.39 is 0 Å². The molecule has 0 radical (unpaired) electrons. The standard InChI is InChI=1S/C6H7NO2S.ClH/c1-5-3-2-4-7(8)6(5)10-9;/h2-4,9H,1H3;1H. The van der Waals surface area contributed by atoms with E-state index in [2.05, 4.69) is 0 Å². The Morgan fingerprint density at radius 2 is 2.27 bits per heavy atom. The highest BCUT2D eigenvalue weighted by Gasteiger charge is 2.06. The second-order valence-corrected chi connectivity index (χ2v) is 2.48. The summed E-state index contributed by atoms with van der Waals surface area (Å²) in [5, 5.41) is 11.1. The van der Waals surface area contributed by atoms with Crippen LogP contribution in [0.3, 0.4) is 0 Å². The molecule has 5 heteroatoms. The lowest BCUT2D eigenvalue weighted by atomic mass is 10.3. The van der Waals surface area contributed by atoms with Gasteiger partial charge in [0.1, 0.15) is 0 Å². The van der Waals surface area contributed by atoms with Crippen molar-refractivity contribution in [2.75, 3.05) is 0 Å². The summed E-state index contributed by atoms with van der Waals surface area (Å²) in [6.45, 7) is 1.77. The van der Waals surface area contributed by atoms with E-state index in [-0.39, 0.29) is 12.4 Å². The molecular formula is C6H8ClNO2S. The molecule has 0 unspecified atom stereocenters. The van der Waals surface area contributed by atoms with Crippen LogP contribution < -0.4 is 4.73 Å². The Morgan fingerprint density at radius 3 is 2.64 bits per heavy atom. The Balaban J connectivity index is 0.000001000. The molecule has 1 heterocycles. The predicted octanol–water partition coefficient (Wildman–Crippen LogP) is 1.62. The Kier molecular flexibility index (Phi) is 4.25. The SMILES string of the molecule is Cc1ccc[n+]([O-])c1SO.Cl. The number of nitrogens with zero attached hydrogens (tertiary/aromatic N) is 1. The van der Waals surface area contributed by atoms with Crippen LogP contribution in [0, 0.1) is 12.1 Å². The van der Waals surface area contributed by atoms with Crippen molar-refractivity contribution in [3.8, 4) is 0 Å². The van der Waals surface area contributed by atoms with Gasteiger partial charge in [0, 0.05) is 11.6 Å². The summed E-state index contributed by atoms with van der Waals surface area (Å²) in [5.74, 6) is 0. The van der Waals surface area contributed by atoms with Crippen LogP contribution >= 0.6 is 24.4 Å². The largest absolute Gasteiger partial charge is 0.618 e. The zero-order valence-corrected chi connectivity index (χ0v) is 7.48. The molecule has 0 spiro atoms. The van der Waals surface area contributed by atoms with Gasteiger partial charge in [-0.25, -0.2) is 0 Å². The lowest BCUT2D eigenvalue weighted by molar-refractivity contribution is -0.646. The average Bonchev–Trinajstić information content (AvgIpc) is 1.88. The first-order valence-electron chi connectivity index (χ1n) is 2.76. The van der Waals surface area contributed by atoms with Gasteiger partial charge in [-0.3, -0.25) is 0 Å². The third-order valence-corrected chi connectivity index (χ3v) is 1.87. The molecule has 0 amide bonds. The number of hydrogen-bond acceptors (Lipinski definition) is 3. The highest BCUT2D eigenvalue weighted by Crippen LogP contribution is 2.12. The molecule has 0 aromatic carbocycles. The van der Waals surface area contributed by atoms with Crippen LogP contribution in [0.1, 0.15) is 5.56 Å². The molecule has 0 bridgehead atoms. The monoisotopic (exact) mass is 193 g/mol. The lowest BCUT2D eigenvalue weighted by Crippen LogP contribution is -2.28. The summed E-state index contributed by atoms with van der Waals surface area (Å²) in [7, 11) is 0. The summed E-state index contributed by atoms with van der Waals surface area (Å²) >= 11 is 0.472. The minimum absolute atomic E-state index is 0. The van der Waals surface area contributed by atoms with Crippen molar-refractivity contribution in [1.82, 2.24) is 0 Å². The fraction of sp³-hybridized carbons (Fsp3) is 0.167. The van der Waals surface area contributed by atoms with Gasteiger partial charge in [-0.15, -0.1) is 12.4 Å². The number of halogens is 1. The summed E-state index contributed by atoms with van der Waals surface area (Å²) in [6.07, 6.45) is 1.35. The van der Waals surface area contributed by atoms with Crippen LogP contribution in [0.5, 0.6) is 0 Å². The highest BCUT2D eigenvalue weighted by atomic mass is 35.5. The number of aromatic nitrogens is 1. The molecule has 3 nitrogen and oxygen atoms in total. The Bertz CT molecular complexity index is 224. The van der Waals surface area contributed by atoms with Crippen LogP contribution in [0.4, 0.5) is 0 Å². The molecule has 1 rings (SSSR count). The number of pyridine rings is 1. The van der Waals surface area contributed by atoms with Crippen LogP contribution in [0.15, 0.2) is 23.4 Å². The molecule has 0 saturated heterocycles. The van der Waals surface area contributed by atoms with Gasteiger partial charge >= 0.3 is 0 Å². The smallest absolute Gasteiger partial charge is 0.281 e. The number of rotatable bonds is 1. The molecule has 0 atom stereocenters. The predicted molar refractivity (Wildman–Crippen MR) is 45.9 cm³/mol. The maximum Gasteiger partial charge on any atom is 0.281 e. The summed E-state index contributed by atoms with van der Waals surface area (Å²) in [6, 6.07) is 3.41. The van der Waals surface area contributed by atoms with Crippen molar-refractivity contribution < 1.29 is 9.28 Å². The van der Waals surface area contributed by atoms with Gasteiger partial charge in [-0.05, 0) is 13.0 Å². The first-order chi connectivity index (χ1) is 4.75. The fourth-order valence-corrected chi connectivity index (χ4v) is 1.04. The van der Waals surface area contributed by atoms with E-state index in [9.17, 15) is 5.21 Å². The molecule has 1 aromatic heterocycles. The zero-order valence-electron chi connectivity index (χ0n) is 5.85. The zero-order chi connectivity index (χ0) is 7.56. The van der Waals surface area contributed by atoms with E-state index in [0.29, 0.717) is 21.8 Å².